The molecular weight excluding hydrogens is 272 g/mol. The highest BCUT2D eigenvalue weighted by molar-refractivity contribution is 5.20. The van der Waals surface area contributed by atoms with Crippen LogP contribution in [-0.2, 0) is 6.42 Å². The van der Waals surface area contributed by atoms with Gasteiger partial charge < -0.3 is 5.11 Å². The van der Waals surface area contributed by atoms with Crippen molar-refractivity contribution in [1.82, 2.24) is 4.90 Å². The third-order valence-electron chi connectivity index (χ3n) is 4.66. The van der Waals surface area contributed by atoms with Crippen LogP contribution in [0.2, 0.25) is 0 Å². The Hall–Kier alpha value is -1.00. The topological polar surface area (TPSA) is 23.5 Å². The van der Waals surface area contributed by atoms with Crippen molar-refractivity contribution in [2.24, 2.45) is 0 Å². The van der Waals surface area contributed by atoms with E-state index in [2.05, 4.69) is 4.90 Å². The first-order valence-electron chi connectivity index (χ1n) is 7.78. The zero-order valence-corrected chi connectivity index (χ0v) is 12.9. The standard InChI is InChI=1S/C17H25F2NO/c1-17(2,20-9-5-3-4-6-10-20)16(21)12-13-11-14(18)7-8-15(13)19/h7-8,11,16,21H,3-6,9-10,12H2,1-2H3. The van der Waals surface area contributed by atoms with Gasteiger partial charge in [0.25, 0.3) is 0 Å². The Labute approximate surface area is 125 Å². The Morgan fingerprint density at radius 1 is 1.14 bits per heavy atom. The normalized spacial score (nSPS) is 19.3. The van der Waals surface area contributed by atoms with Gasteiger partial charge in [0.05, 0.1) is 6.10 Å². The van der Waals surface area contributed by atoms with E-state index < -0.39 is 23.3 Å². The van der Waals surface area contributed by atoms with Crippen LogP contribution in [0.3, 0.4) is 0 Å². The van der Waals surface area contributed by atoms with Crippen LogP contribution in [0.15, 0.2) is 18.2 Å². The molecule has 1 aromatic rings. The first-order chi connectivity index (χ1) is 9.91. The van der Waals surface area contributed by atoms with Gasteiger partial charge in [0, 0.05) is 12.0 Å². The van der Waals surface area contributed by atoms with Crippen LogP contribution in [-0.4, -0.2) is 34.7 Å². The molecule has 0 amide bonds. The van der Waals surface area contributed by atoms with E-state index in [-0.39, 0.29) is 12.0 Å². The molecule has 0 aromatic heterocycles. The van der Waals surface area contributed by atoms with Gasteiger partial charge in [-0.05, 0) is 63.5 Å². The van der Waals surface area contributed by atoms with Crippen LogP contribution < -0.4 is 0 Å². The van der Waals surface area contributed by atoms with Crippen molar-refractivity contribution in [1.29, 1.82) is 0 Å². The lowest BCUT2D eigenvalue weighted by atomic mass is 9.89. The fourth-order valence-corrected chi connectivity index (χ4v) is 3.02. The van der Waals surface area contributed by atoms with Gasteiger partial charge in [0.15, 0.2) is 0 Å². The van der Waals surface area contributed by atoms with Crippen LogP contribution >= 0.6 is 0 Å². The predicted octanol–water partition coefficient (Wildman–Crippen LogP) is 3.52. The van der Waals surface area contributed by atoms with Gasteiger partial charge in [-0.15, -0.1) is 0 Å². The largest absolute Gasteiger partial charge is 0.391 e. The van der Waals surface area contributed by atoms with Crippen LogP contribution in [0.4, 0.5) is 8.78 Å². The van der Waals surface area contributed by atoms with Gasteiger partial charge in [0.1, 0.15) is 11.6 Å². The molecule has 1 aliphatic rings. The number of nitrogens with zero attached hydrogens (tertiary/aromatic N) is 1. The molecule has 0 radical (unpaired) electrons. The second-order valence-corrected chi connectivity index (χ2v) is 6.51. The summed E-state index contributed by atoms with van der Waals surface area (Å²) in [4.78, 5) is 2.28. The molecule has 0 bridgehead atoms. The van der Waals surface area contributed by atoms with Crippen molar-refractivity contribution in [3.63, 3.8) is 0 Å². The van der Waals surface area contributed by atoms with E-state index in [1.165, 1.54) is 18.9 Å². The molecule has 1 aromatic carbocycles. The van der Waals surface area contributed by atoms with Gasteiger partial charge in [-0.3, -0.25) is 4.90 Å². The minimum Gasteiger partial charge on any atom is -0.391 e. The lowest BCUT2D eigenvalue weighted by Crippen LogP contribution is -2.53. The van der Waals surface area contributed by atoms with Crippen LogP contribution in [0.5, 0.6) is 0 Å². The molecule has 1 atom stereocenters. The second-order valence-electron chi connectivity index (χ2n) is 6.51. The lowest BCUT2D eigenvalue weighted by Gasteiger charge is -2.41. The summed E-state index contributed by atoms with van der Waals surface area (Å²) in [5.74, 6) is -0.923. The molecule has 0 aliphatic carbocycles. The zero-order valence-electron chi connectivity index (χ0n) is 12.9. The maximum Gasteiger partial charge on any atom is 0.126 e. The Balaban J connectivity index is 2.09. The Morgan fingerprint density at radius 2 is 1.76 bits per heavy atom. The fraction of sp³-hybridized carbons (Fsp3) is 0.647. The minimum atomic E-state index is -0.730. The summed E-state index contributed by atoms with van der Waals surface area (Å²) < 4.78 is 27.0. The smallest absolute Gasteiger partial charge is 0.126 e. The SMILES string of the molecule is CC(C)(C(O)Cc1cc(F)ccc1F)N1CCCCCC1. The molecule has 4 heteroatoms. The van der Waals surface area contributed by atoms with Gasteiger partial charge in [-0.25, -0.2) is 8.78 Å². The number of aliphatic hydroxyl groups excluding tert-OH is 1. The van der Waals surface area contributed by atoms with E-state index in [1.807, 2.05) is 13.8 Å². The van der Waals surface area contributed by atoms with E-state index >= 15 is 0 Å². The van der Waals surface area contributed by atoms with Gasteiger partial charge in [-0.1, -0.05) is 12.8 Å². The molecule has 2 nitrogen and oxygen atoms in total. The molecule has 1 fully saturated rings. The summed E-state index contributed by atoms with van der Waals surface area (Å²) in [5.41, 5.74) is -0.200. The summed E-state index contributed by atoms with van der Waals surface area (Å²) in [7, 11) is 0. The molecule has 0 spiro atoms. The molecule has 1 N–H and O–H groups in total. The quantitative estimate of drug-likeness (QED) is 0.919. The Bertz CT molecular complexity index is 468. The number of likely N-dealkylation sites (tertiary alicyclic amines) is 1. The van der Waals surface area contributed by atoms with Crippen LogP contribution in [0.25, 0.3) is 0 Å². The van der Waals surface area contributed by atoms with Gasteiger partial charge >= 0.3 is 0 Å². The maximum absolute atomic E-state index is 13.7. The van der Waals surface area contributed by atoms with Crippen molar-refractivity contribution < 1.29 is 13.9 Å². The molecule has 118 valence electrons. The first-order valence-corrected chi connectivity index (χ1v) is 7.78. The lowest BCUT2D eigenvalue weighted by molar-refractivity contribution is -0.00827. The number of halogens is 2. The summed E-state index contributed by atoms with van der Waals surface area (Å²) in [5, 5.41) is 10.6. The van der Waals surface area contributed by atoms with Crippen molar-refractivity contribution in [2.75, 3.05) is 13.1 Å². The molecule has 0 saturated carbocycles. The molecule has 1 unspecified atom stereocenters. The number of hydrogen-bond acceptors (Lipinski definition) is 2. The molecule has 1 saturated heterocycles. The Kier molecular flexibility index (Phi) is 5.33. The van der Waals surface area contributed by atoms with Crippen molar-refractivity contribution in [2.45, 2.75) is 57.6 Å². The molecule has 2 rings (SSSR count). The number of aliphatic hydroxyl groups is 1. The Morgan fingerprint density at radius 3 is 2.38 bits per heavy atom. The summed E-state index contributed by atoms with van der Waals surface area (Å²) in [6.07, 6.45) is 4.11. The highest BCUT2D eigenvalue weighted by atomic mass is 19.1. The van der Waals surface area contributed by atoms with Crippen LogP contribution in [0.1, 0.15) is 45.1 Å². The number of rotatable bonds is 4. The van der Waals surface area contributed by atoms with Crippen molar-refractivity contribution in [3.8, 4) is 0 Å². The zero-order chi connectivity index (χ0) is 15.5. The summed E-state index contributed by atoms with van der Waals surface area (Å²) in [6.45, 7) is 5.88. The van der Waals surface area contributed by atoms with Crippen LogP contribution in [0, 0.1) is 11.6 Å². The average Bonchev–Trinajstić information content (AvgIpc) is 2.72. The van der Waals surface area contributed by atoms with E-state index in [4.69, 9.17) is 0 Å². The van der Waals surface area contributed by atoms with E-state index in [1.54, 1.807) is 0 Å². The molecule has 1 heterocycles. The average molecular weight is 297 g/mol. The third kappa shape index (κ3) is 4.01. The van der Waals surface area contributed by atoms with Gasteiger partial charge in [0.2, 0.25) is 0 Å². The first kappa shape index (κ1) is 16.4. The highest BCUT2D eigenvalue weighted by Gasteiger charge is 2.34. The third-order valence-corrected chi connectivity index (χ3v) is 4.66. The maximum atomic E-state index is 13.7. The number of hydrogen-bond donors (Lipinski definition) is 1. The van der Waals surface area contributed by atoms with Crippen molar-refractivity contribution in [3.05, 3.63) is 35.4 Å². The molecule has 1 aliphatic heterocycles. The minimum absolute atomic E-state index is 0.132. The molecular formula is C17H25F2NO. The number of benzene rings is 1. The molecule has 21 heavy (non-hydrogen) atoms. The van der Waals surface area contributed by atoms with Gasteiger partial charge in [-0.2, -0.15) is 0 Å². The fourth-order valence-electron chi connectivity index (χ4n) is 3.02. The second kappa shape index (κ2) is 6.84. The van der Waals surface area contributed by atoms with E-state index in [0.29, 0.717) is 0 Å². The van der Waals surface area contributed by atoms with E-state index in [0.717, 1.165) is 38.1 Å². The highest BCUT2D eigenvalue weighted by Crippen LogP contribution is 2.26. The summed E-state index contributed by atoms with van der Waals surface area (Å²) >= 11 is 0. The van der Waals surface area contributed by atoms with Crippen molar-refractivity contribution >= 4 is 0 Å². The summed E-state index contributed by atoms with van der Waals surface area (Å²) in [6, 6.07) is 3.40. The predicted molar refractivity (Wildman–Crippen MR) is 80.2 cm³/mol. The van der Waals surface area contributed by atoms with E-state index in [9.17, 15) is 13.9 Å². The monoisotopic (exact) mass is 297 g/mol.